The highest BCUT2D eigenvalue weighted by Gasteiger charge is 2.29. The molecule has 1 atom stereocenters. The predicted octanol–water partition coefficient (Wildman–Crippen LogP) is 2.14. The van der Waals surface area contributed by atoms with Gasteiger partial charge in [-0.15, -0.1) is 0 Å². The molecule has 0 N–H and O–H groups in total. The van der Waals surface area contributed by atoms with Crippen molar-refractivity contribution >= 4 is 17.3 Å². The summed E-state index contributed by atoms with van der Waals surface area (Å²) in [7, 11) is 1.78. The van der Waals surface area contributed by atoms with Crippen LogP contribution < -0.4 is 9.80 Å². The highest BCUT2D eigenvalue weighted by atomic mass is 16.2. The van der Waals surface area contributed by atoms with Gasteiger partial charge in [-0.05, 0) is 31.5 Å². The lowest BCUT2D eigenvalue weighted by Gasteiger charge is -2.39. The fourth-order valence-corrected chi connectivity index (χ4v) is 2.19. The number of fused-ring (bicyclic) bond motifs is 1. The van der Waals surface area contributed by atoms with Crippen molar-refractivity contribution in [1.29, 1.82) is 5.26 Å². The molecule has 1 aliphatic rings. The monoisotopic (exact) mass is 243 g/mol. The van der Waals surface area contributed by atoms with Gasteiger partial charge in [0, 0.05) is 13.1 Å². The highest BCUT2D eigenvalue weighted by molar-refractivity contribution is 6.03. The molecule has 1 amide bonds. The van der Waals surface area contributed by atoms with E-state index in [9.17, 15) is 4.79 Å². The van der Waals surface area contributed by atoms with Gasteiger partial charge in [0.05, 0.1) is 29.6 Å². The molecule has 1 aromatic rings. The first-order valence-corrected chi connectivity index (χ1v) is 6.15. The van der Waals surface area contributed by atoms with Gasteiger partial charge < -0.3 is 9.80 Å². The Balaban J connectivity index is 2.53. The number of anilines is 2. The van der Waals surface area contributed by atoms with Gasteiger partial charge in [0.25, 0.3) is 0 Å². The smallest absolute Gasteiger partial charge is 0.246 e. The van der Waals surface area contributed by atoms with E-state index in [-0.39, 0.29) is 11.9 Å². The Bertz CT molecular complexity index is 518. The summed E-state index contributed by atoms with van der Waals surface area (Å²) < 4.78 is 0. The molecular weight excluding hydrogens is 226 g/mol. The van der Waals surface area contributed by atoms with E-state index in [0.29, 0.717) is 12.1 Å². The van der Waals surface area contributed by atoms with Crippen LogP contribution in [0.15, 0.2) is 18.2 Å². The van der Waals surface area contributed by atoms with Crippen LogP contribution in [0.5, 0.6) is 0 Å². The van der Waals surface area contributed by atoms with E-state index in [2.05, 4.69) is 24.8 Å². The third-order valence-electron chi connectivity index (χ3n) is 3.58. The standard InChI is InChI=1S/C14H17N3O/c1-4-10(2)17-9-14(18)16(3)12-6-5-11(8-15)7-13(12)17/h5-7,10H,4,9H2,1-3H3. The first-order valence-electron chi connectivity index (χ1n) is 6.15. The van der Waals surface area contributed by atoms with Gasteiger partial charge in [-0.25, -0.2) is 0 Å². The molecule has 2 rings (SSSR count). The van der Waals surface area contributed by atoms with Crippen molar-refractivity contribution in [2.24, 2.45) is 0 Å². The molecule has 0 spiro atoms. The van der Waals surface area contributed by atoms with Crippen molar-refractivity contribution in [2.45, 2.75) is 26.3 Å². The van der Waals surface area contributed by atoms with E-state index < -0.39 is 0 Å². The Hall–Kier alpha value is -2.02. The van der Waals surface area contributed by atoms with Crippen molar-refractivity contribution in [2.75, 3.05) is 23.4 Å². The van der Waals surface area contributed by atoms with E-state index in [0.717, 1.165) is 17.8 Å². The Morgan fingerprint density at radius 2 is 2.17 bits per heavy atom. The minimum atomic E-state index is 0.0903. The zero-order chi connectivity index (χ0) is 13.3. The molecule has 4 nitrogen and oxygen atoms in total. The maximum absolute atomic E-state index is 12.0. The zero-order valence-corrected chi connectivity index (χ0v) is 11.0. The first kappa shape index (κ1) is 12.4. The second-order valence-corrected chi connectivity index (χ2v) is 4.65. The van der Waals surface area contributed by atoms with Crippen molar-refractivity contribution < 1.29 is 4.79 Å². The van der Waals surface area contributed by atoms with E-state index in [4.69, 9.17) is 5.26 Å². The summed E-state index contributed by atoms with van der Waals surface area (Å²) in [5.41, 5.74) is 2.49. The van der Waals surface area contributed by atoms with Crippen LogP contribution in [-0.4, -0.2) is 25.5 Å². The number of carbonyl (C=O) groups is 1. The molecule has 0 aliphatic carbocycles. The van der Waals surface area contributed by atoms with Gasteiger partial charge >= 0.3 is 0 Å². The molecule has 4 heteroatoms. The van der Waals surface area contributed by atoms with Crippen molar-refractivity contribution in [1.82, 2.24) is 0 Å². The number of hydrogen-bond acceptors (Lipinski definition) is 3. The van der Waals surface area contributed by atoms with Crippen LogP contribution >= 0.6 is 0 Å². The molecular formula is C14H17N3O. The lowest BCUT2D eigenvalue weighted by Crippen LogP contribution is -2.47. The Morgan fingerprint density at radius 1 is 1.44 bits per heavy atom. The number of amides is 1. The summed E-state index contributed by atoms with van der Waals surface area (Å²) in [6.45, 7) is 4.58. The molecule has 0 radical (unpaired) electrons. The molecule has 18 heavy (non-hydrogen) atoms. The normalized spacial score (nSPS) is 16.2. The van der Waals surface area contributed by atoms with Crippen LogP contribution in [0.25, 0.3) is 0 Å². The molecule has 0 aromatic heterocycles. The SMILES string of the molecule is CCC(C)N1CC(=O)N(C)c2ccc(C#N)cc21. The average Bonchev–Trinajstić information content (AvgIpc) is 2.41. The molecule has 1 unspecified atom stereocenters. The van der Waals surface area contributed by atoms with Crippen molar-refractivity contribution in [3.05, 3.63) is 23.8 Å². The van der Waals surface area contributed by atoms with Gasteiger partial charge in [-0.2, -0.15) is 5.26 Å². The lowest BCUT2D eigenvalue weighted by atomic mass is 10.1. The summed E-state index contributed by atoms with van der Waals surface area (Å²) >= 11 is 0. The molecule has 0 saturated heterocycles. The van der Waals surface area contributed by atoms with Gasteiger partial charge in [-0.1, -0.05) is 6.92 Å². The van der Waals surface area contributed by atoms with Gasteiger partial charge in [0.1, 0.15) is 0 Å². The fourth-order valence-electron chi connectivity index (χ4n) is 2.19. The molecule has 1 heterocycles. The Morgan fingerprint density at radius 3 is 2.78 bits per heavy atom. The molecule has 1 aromatic carbocycles. The zero-order valence-electron chi connectivity index (χ0n) is 11.0. The van der Waals surface area contributed by atoms with Crippen LogP contribution in [0.4, 0.5) is 11.4 Å². The number of carbonyl (C=O) groups excluding carboxylic acids is 1. The second-order valence-electron chi connectivity index (χ2n) is 4.65. The maximum atomic E-state index is 12.0. The minimum absolute atomic E-state index is 0.0903. The summed E-state index contributed by atoms with van der Waals surface area (Å²) in [6.07, 6.45) is 0.965. The largest absolute Gasteiger partial charge is 0.358 e. The van der Waals surface area contributed by atoms with E-state index in [1.54, 1.807) is 18.0 Å². The average molecular weight is 243 g/mol. The maximum Gasteiger partial charge on any atom is 0.246 e. The van der Waals surface area contributed by atoms with Crippen LogP contribution in [0.3, 0.4) is 0 Å². The number of nitrogens with zero attached hydrogens (tertiary/aromatic N) is 3. The summed E-state index contributed by atoms with van der Waals surface area (Å²) in [5, 5.41) is 8.99. The van der Waals surface area contributed by atoms with Crippen LogP contribution in [0.2, 0.25) is 0 Å². The minimum Gasteiger partial charge on any atom is -0.358 e. The lowest BCUT2D eigenvalue weighted by molar-refractivity contribution is -0.117. The van der Waals surface area contributed by atoms with Crippen molar-refractivity contribution in [3.63, 3.8) is 0 Å². The van der Waals surface area contributed by atoms with Crippen LogP contribution in [0, 0.1) is 11.3 Å². The molecule has 94 valence electrons. The van der Waals surface area contributed by atoms with E-state index in [1.165, 1.54) is 0 Å². The first-order chi connectivity index (χ1) is 8.58. The summed E-state index contributed by atoms with van der Waals surface area (Å²) in [6, 6.07) is 7.90. The summed E-state index contributed by atoms with van der Waals surface area (Å²) in [4.78, 5) is 15.7. The number of hydrogen-bond donors (Lipinski definition) is 0. The molecule has 0 fully saturated rings. The summed E-state index contributed by atoms with van der Waals surface area (Å²) in [5.74, 6) is 0.0903. The fraction of sp³-hybridized carbons (Fsp3) is 0.429. The molecule has 0 saturated carbocycles. The van der Waals surface area contributed by atoms with Crippen LogP contribution in [0.1, 0.15) is 25.8 Å². The third kappa shape index (κ3) is 1.92. The van der Waals surface area contributed by atoms with Gasteiger partial charge in [0.2, 0.25) is 5.91 Å². The van der Waals surface area contributed by atoms with Crippen LogP contribution in [-0.2, 0) is 4.79 Å². The second kappa shape index (κ2) is 4.69. The predicted molar refractivity (Wildman–Crippen MR) is 71.7 cm³/mol. The van der Waals surface area contributed by atoms with E-state index >= 15 is 0 Å². The van der Waals surface area contributed by atoms with E-state index in [1.807, 2.05) is 12.1 Å². The topological polar surface area (TPSA) is 47.3 Å². The van der Waals surface area contributed by atoms with Gasteiger partial charge in [0.15, 0.2) is 0 Å². The number of benzene rings is 1. The van der Waals surface area contributed by atoms with Gasteiger partial charge in [-0.3, -0.25) is 4.79 Å². The number of rotatable bonds is 2. The Kier molecular flexibility index (Phi) is 3.24. The Labute approximate surface area is 107 Å². The quantitative estimate of drug-likeness (QED) is 0.799. The third-order valence-corrected chi connectivity index (χ3v) is 3.58. The molecule has 1 aliphatic heterocycles. The highest BCUT2D eigenvalue weighted by Crippen LogP contribution is 2.35. The molecule has 0 bridgehead atoms. The number of likely N-dealkylation sites (N-methyl/N-ethyl adjacent to an activating group) is 1. The van der Waals surface area contributed by atoms with Crippen molar-refractivity contribution in [3.8, 4) is 6.07 Å². The number of nitriles is 1.